The van der Waals surface area contributed by atoms with E-state index in [1.165, 1.54) is 24.2 Å². The molecule has 100 valence electrons. The van der Waals surface area contributed by atoms with Crippen molar-refractivity contribution in [1.82, 2.24) is 10.6 Å². The molecule has 1 aromatic heterocycles. The zero-order chi connectivity index (χ0) is 12.8. The molecular formula is C13H21N3S2. The fraction of sp³-hybridized carbons (Fsp3) is 0.615. The number of thiophene rings is 1. The van der Waals surface area contributed by atoms with Crippen LogP contribution >= 0.6 is 23.1 Å². The summed E-state index contributed by atoms with van der Waals surface area (Å²) in [4.78, 5) is 4.27. The van der Waals surface area contributed by atoms with E-state index in [9.17, 15) is 0 Å². The minimum atomic E-state index is 0.375. The van der Waals surface area contributed by atoms with Crippen LogP contribution in [0.15, 0.2) is 21.8 Å². The molecule has 0 saturated carbocycles. The molecule has 2 N–H and O–H groups in total. The summed E-state index contributed by atoms with van der Waals surface area (Å²) >= 11 is 3.80. The first kappa shape index (κ1) is 13.7. The highest BCUT2D eigenvalue weighted by molar-refractivity contribution is 8.00. The van der Waals surface area contributed by atoms with Crippen LogP contribution in [0.25, 0.3) is 0 Å². The summed E-state index contributed by atoms with van der Waals surface area (Å²) in [5.41, 5.74) is 1.31. The van der Waals surface area contributed by atoms with E-state index < -0.39 is 0 Å². The Morgan fingerprint density at radius 2 is 2.39 bits per heavy atom. The Morgan fingerprint density at radius 3 is 3.00 bits per heavy atom. The highest BCUT2D eigenvalue weighted by Gasteiger charge is 2.29. The van der Waals surface area contributed by atoms with Crippen molar-refractivity contribution in [2.75, 3.05) is 19.3 Å². The lowest BCUT2D eigenvalue weighted by atomic mass is 10.1. The van der Waals surface area contributed by atoms with Crippen LogP contribution in [0.2, 0.25) is 0 Å². The van der Waals surface area contributed by atoms with Gasteiger partial charge in [0.15, 0.2) is 5.96 Å². The van der Waals surface area contributed by atoms with Gasteiger partial charge in [0.25, 0.3) is 0 Å². The van der Waals surface area contributed by atoms with Gasteiger partial charge in [-0.1, -0.05) is 0 Å². The summed E-state index contributed by atoms with van der Waals surface area (Å²) < 4.78 is 0.375. The Morgan fingerprint density at radius 1 is 1.50 bits per heavy atom. The van der Waals surface area contributed by atoms with E-state index in [1.54, 1.807) is 11.3 Å². The number of aliphatic imine (C=N–C) groups is 1. The molecule has 1 atom stereocenters. The van der Waals surface area contributed by atoms with Crippen LogP contribution in [-0.4, -0.2) is 30.1 Å². The smallest absolute Gasteiger partial charge is 0.191 e. The van der Waals surface area contributed by atoms with Crippen molar-refractivity contribution in [3.05, 3.63) is 22.4 Å². The zero-order valence-corrected chi connectivity index (χ0v) is 12.7. The van der Waals surface area contributed by atoms with Gasteiger partial charge in [-0.05, 0) is 47.9 Å². The molecule has 0 spiro atoms. The van der Waals surface area contributed by atoms with Crippen molar-refractivity contribution in [3.63, 3.8) is 0 Å². The molecule has 0 aromatic carbocycles. The number of hydrogen-bond donors (Lipinski definition) is 2. The monoisotopic (exact) mass is 283 g/mol. The molecule has 0 aliphatic carbocycles. The summed E-state index contributed by atoms with van der Waals surface area (Å²) in [6.07, 6.45) is 2.63. The van der Waals surface area contributed by atoms with Crippen LogP contribution in [-0.2, 0) is 6.54 Å². The molecule has 0 bridgehead atoms. The van der Waals surface area contributed by atoms with Crippen LogP contribution in [0.5, 0.6) is 0 Å². The van der Waals surface area contributed by atoms with Gasteiger partial charge in [-0.15, -0.1) is 0 Å². The Balaban J connectivity index is 1.75. The molecule has 0 amide bonds. The van der Waals surface area contributed by atoms with Gasteiger partial charge in [-0.25, -0.2) is 0 Å². The van der Waals surface area contributed by atoms with Crippen LogP contribution in [0.1, 0.15) is 25.3 Å². The predicted molar refractivity (Wildman–Crippen MR) is 82.6 cm³/mol. The number of nitrogens with one attached hydrogen (secondary N) is 2. The van der Waals surface area contributed by atoms with Crippen molar-refractivity contribution in [3.8, 4) is 0 Å². The highest BCUT2D eigenvalue weighted by atomic mass is 32.2. The fourth-order valence-electron chi connectivity index (χ4n) is 2.05. The number of nitrogens with zero attached hydrogens (tertiary/aromatic N) is 1. The molecule has 1 fully saturated rings. The lowest BCUT2D eigenvalue weighted by molar-refractivity contribution is 0.584. The number of thioether (sulfide) groups is 1. The molecule has 1 aliphatic heterocycles. The van der Waals surface area contributed by atoms with Crippen molar-refractivity contribution in [2.24, 2.45) is 4.99 Å². The minimum absolute atomic E-state index is 0.375. The van der Waals surface area contributed by atoms with Crippen molar-refractivity contribution in [2.45, 2.75) is 31.1 Å². The summed E-state index contributed by atoms with van der Waals surface area (Å²) in [5, 5.41) is 11.0. The molecule has 1 unspecified atom stereocenters. The first-order valence-corrected chi connectivity index (χ1v) is 8.24. The van der Waals surface area contributed by atoms with Gasteiger partial charge in [-0.3, -0.25) is 4.99 Å². The van der Waals surface area contributed by atoms with E-state index in [2.05, 4.69) is 51.1 Å². The molecule has 0 radical (unpaired) electrons. The van der Waals surface area contributed by atoms with E-state index in [4.69, 9.17) is 0 Å². The largest absolute Gasteiger partial charge is 0.355 e. The lowest BCUT2D eigenvalue weighted by Gasteiger charge is -2.24. The van der Waals surface area contributed by atoms with Crippen molar-refractivity contribution in [1.29, 1.82) is 0 Å². The SMILES string of the molecule is CN=C(NCc1ccsc1)NCC1(C)CCCS1. The van der Waals surface area contributed by atoms with Crippen molar-refractivity contribution < 1.29 is 0 Å². The van der Waals surface area contributed by atoms with Gasteiger partial charge >= 0.3 is 0 Å². The summed E-state index contributed by atoms with van der Waals surface area (Å²) in [6, 6.07) is 2.14. The normalized spacial score (nSPS) is 24.2. The van der Waals surface area contributed by atoms with Crippen LogP contribution in [0.3, 0.4) is 0 Å². The summed E-state index contributed by atoms with van der Waals surface area (Å²) in [6.45, 7) is 4.16. The topological polar surface area (TPSA) is 36.4 Å². The molecule has 3 nitrogen and oxygen atoms in total. The van der Waals surface area contributed by atoms with E-state index >= 15 is 0 Å². The molecule has 2 rings (SSSR count). The Bertz CT molecular complexity index is 381. The predicted octanol–water partition coefficient (Wildman–Crippen LogP) is 2.70. The first-order chi connectivity index (χ1) is 8.72. The lowest BCUT2D eigenvalue weighted by Crippen LogP contribution is -2.43. The number of guanidine groups is 1. The maximum absolute atomic E-state index is 4.27. The second-order valence-electron chi connectivity index (χ2n) is 4.81. The molecule has 5 heteroatoms. The number of hydrogen-bond acceptors (Lipinski definition) is 3. The zero-order valence-electron chi connectivity index (χ0n) is 11.0. The van der Waals surface area contributed by atoms with Gasteiger partial charge < -0.3 is 10.6 Å². The van der Waals surface area contributed by atoms with E-state index in [0.717, 1.165) is 19.0 Å². The minimum Gasteiger partial charge on any atom is -0.355 e. The molecule has 1 saturated heterocycles. The second-order valence-corrected chi connectivity index (χ2v) is 7.28. The van der Waals surface area contributed by atoms with E-state index in [1.807, 2.05) is 7.05 Å². The maximum Gasteiger partial charge on any atom is 0.191 e. The van der Waals surface area contributed by atoms with Crippen LogP contribution < -0.4 is 10.6 Å². The Labute approximate surface area is 117 Å². The highest BCUT2D eigenvalue weighted by Crippen LogP contribution is 2.36. The first-order valence-electron chi connectivity index (χ1n) is 6.31. The summed E-state index contributed by atoms with van der Waals surface area (Å²) in [7, 11) is 1.83. The van der Waals surface area contributed by atoms with Gasteiger partial charge in [0.05, 0.1) is 0 Å². The third-order valence-electron chi connectivity index (χ3n) is 3.19. The van der Waals surface area contributed by atoms with Crippen LogP contribution in [0, 0.1) is 0 Å². The quantitative estimate of drug-likeness (QED) is 0.659. The van der Waals surface area contributed by atoms with Crippen LogP contribution in [0.4, 0.5) is 0 Å². The Hall–Kier alpha value is -0.680. The summed E-state index contributed by atoms with van der Waals surface area (Å²) in [5.74, 6) is 2.19. The van der Waals surface area contributed by atoms with Gasteiger partial charge in [0.2, 0.25) is 0 Å². The molecule has 18 heavy (non-hydrogen) atoms. The van der Waals surface area contributed by atoms with Gasteiger partial charge in [0.1, 0.15) is 0 Å². The third kappa shape index (κ3) is 3.92. The van der Waals surface area contributed by atoms with Gasteiger partial charge in [-0.2, -0.15) is 23.1 Å². The maximum atomic E-state index is 4.27. The standard InChI is InChI=1S/C13H21N3S2/c1-13(5-3-6-18-13)10-16-12(14-2)15-8-11-4-7-17-9-11/h4,7,9H,3,5-6,8,10H2,1-2H3,(H2,14,15,16). The molecular weight excluding hydrogens is 262 g/mol. The second kappa shape index (κ2) is 6.48. The van der Waals surface area contributed by atoms with E-state index in [-0.39, 0.29) is 0 Å². The Kier molecular flexibility index (Phi) is 4.95. The van der Waals surface area contributed by atoms with Gasteiger partial charge in [0, 0.05) is 24.9 Å². The van der Waals surface area contributed by atoms with Crippen molar-refractivity contribution >= 4 is 29.1 Å². The average Bonchev–Trinajstić information content (AvgIpc) is 3.01. The average molecular weight is 283 g/mol. The fourth-order valence-corrected chi connectivity index (χ4v) is 3.96. The van der Waals surface area contributed by atoms with E-state index in [0.29, 0.717) is 4.75 Å². The molecule has 1 aromatic rings. The molecule has 1 aliphatic rings. The number of rotatable bonds is 4. The molecule has 2 heterocycles. The third-order valence-corrected chi connectivity index (χ3v) is 5.46.